The van der Waals surface area contributed by atoms with Crippen LogP contribution in [-0.2, 0) is 0 Å². The number of benzene rings is 1. The second-order valence-electron chi connectivity index (χ2n) is 4.76. The van der Waals surface area contributed by atoms with E-state index in [-0.39, 0.29) is 0 Å². The van der Waals surface area contributed by atoms with Crippen molar-refractivity contribution < 1.29 is 4.74 Å². The highest BCUT2D eigenvalue weighted by Crippen LogP contribution is 2.17. The molecule has 0 saturated carbocycles. The van der Waals surface area contributed by atoms with Crippen LogP contribution in [0, 0.1) is 6.92 Å². The molecule has 2 rings (SSSR count). The maximum atomic E-state index is 5.81. The molecule has 1 heterocycles. The second-order valence-corrected chi connectivity index (χ2v) is 5.62. The number of para-hydroxylation sites is 1. The molecule has 2 aromatic rings. The van der Waals surface area contributed by atoms with E-state index in [0.29, 0.717) is 0 Å². The minimum Gasteiger partial charge on any atom is -0.493 e. The summed E-state index contributed by atoms with van der Waals surface area (Å²) in [5.41, 5.74) is 4.90. The Morgan fingerprint density at radius 1 is 1.33 bits per heavy atom. The number of hydrogen-bond donors (Lipinski definition) is 1. The molecule has 1 aromatic carbocycles. The van der Waals surface area contributed by atoms with Crippen LogP contribution in [-0.4, -0.2) is 17.8 Å². The first-order valence-corrected chi connectivity index (χ1v) is 8.10. The molecule has 0 aliphatic heterocycles. The Labute approximate surface area is 129 Å². The predicted octanol–water partition coefficient (Wildman–Crippen LogP) is 4.47. The van der Waals surface area contributed by atoms with Crippen LogP contribution in [0.1, 0.15) is 37.4 Å². The molecule has 0 spiro atoms. The Morgan fingerprint density at radius 3 is 2.95 bits per heavy atom. The van der Waals surface area contributed by atoms with E-state index in [1.54, 1.807) is 17.6 Å². The molecule has 0 aliphatic carbocycles. The summed E-state index contributed by atoms with van der Waals surface area (Å²) in [6.07, 6.45) is 5.25. The number of aryl methyl sites for hydroxylation is 1. The standard InChI is InChI=1S/C16H21N3OS/c1-3-4-7-10-20-15-9-6-5-8-14(15)11-17-19-16-18-13(2)12-21-16/h5-6,8-9,11-12H,3-4,7,10H2,1-2H3,(H,18,19)/b17-11-. The van der Waals surface area contributed by atoms with Crippen molar-refractivity contribution in [3.63, 3.8) is 0 Å². The number of rotatable bonds is 8. The maximum Gasteiger partial charge on any atom is 0.203 e. The minimum absolute atomic E-state index is 0.748. The Balaban J connectivity index is 1.92. The Kier molecular flexibility index (Phi) is 6.22. The fraction of sp³-hybridized carbons (Fsp3) is 0.375. The Morgan fingerprint density at radius 2 is 2.19 bits per heavy atom. The number of thiazole rings is 1. The smallest absolute Gasteiger partial charge is 0.203 e. The lowest BCUT2D eigenvalue weighted by molar-refractivity contribution is 0.306. The molecular weight excluding hydrogens is 282 g/mol. The van der Waals surface area contributed by atoms with E-state index < -0.39 is 0 Å². The molecule has 0 radical (unpaired) electrons. The van der Waals surface area contributed by atoms with Crippen molar-refractivity contribution >= 4 is 22.7 Å². The normalized spacial score (nSPS) is 11.0. The number of hydrazone groups is 1. The van der Waals surface area contributed by atoms with Gasteiger partial charge in [-0.05, 0) is 25.5 Å². The zero-order chi connectivity index (χ0) is 14.9. The van der Waals surface area contributed by atoms with Gasteiger partial charge in [-0.2, -0.15) is 5.10 Å². The first-order valence-electron chi connectivity index (χ1n) is 7.22. The van der Waals surface area contributed by atoms with Gasteiger partial charge in [0.15, 0.2) is 0 Å². The molecule has 21 heavy (non-hydrogen) atoms. The lowest BCUT2D eigenvalue weighted by Gasteiger charge is -2.08. The molecule has 0 unspecified atom stereocenters. The van der Waals surface area contributed by atoms with E-state index in [1.807, 2.05) is 36.6 Å². The summed E-state index contributed by atoms with van der Waals surface area (Å²) < 4.78 is 5.81. The van der Waals surface area contributed by atoms with Crippen LogP contribution in [0.5, 0.6) is 5.75 Å². The number of aromatic nitrogens is 1. The largest absolute Gasteiger partial charge is 0.493 e. The quantitative estimate of drug-likeness (QED) is 0.445. The summed E-state index contributed by atoms with van der Waals surface area (Å²) in [5, 5.41) is 7.01. The van der Waals surface area contributed by atoms with Crippen molar-refractivity contribution in [1.82, 2.24) is 4.98 Å². The van der Waals surface area contributed by atoms with Gasteiger partial charge in [0.25, 0.3) is 0 Å². The molecule has 112 valence electrons. The van der Waals surface area contributed by atoms with Gasteiger partial charge in [-0.1, -0.05) is 31.9 Å². The van der Waals surface area contributed by atoms with Gasteiger partial charge in [-0.25, -0.2) is 4.98 Å². The van der Waals surface area contributed by atoms with E-state index in [4.69, 9.17) is 4.74 Å². The first-order chi connectivity index (χ1) is 10.3. The highest BCUT2D eigenvalue weighted by atomic mass is 32.1. The summed E-state index contributed by atoms with van der Waals surface area (Å²) in [6, 6.07) is 7.92. The van der Waals surface area contributed by atoms with Gasteiger partial charge in [0.1, 0.15) is 5.75 Å². The number of anilines is 1. The van der Waals surface area contributed by atoms with Crippen molar-refractivity contribution in [3.8, 4) is 5.75 Å². The van der Waals surface area contributed by atoms with Gasteiger partial charge < -0.3 is 4.74 Å². The van der Waals surface area contributed by atoms with Gasteiger partial charge in [-0.3, -0.25) is 5.43 Å². The Bertz CT molecular complexity index is 580. The van der Waals surface area contributed by atoms with Crippen LogP contribution >= 0.6 is 11.3 Å². The SMILES string of the molecule is CCCCCOc1ccccc1/C=N\Nc1nc(C)cs1. The zero-order valence-corrected chi connectivity index (χ0v) is 13.3. The van der Waals surface area contributed by atoms with Gasteiger partial charge in [0.05, 0.1) is 18.5 Å². The third-order valence-corrected chi connectivity index (χ3v) is 3.77. The molecule has 0 fully saturated rings. The van der Waals surface area contributed by atoms with E-state index in [2.05, 4.69) is 22.4 Å². The zero-order valence-electron chi connectivity index (χ0n) is 12.5. The number of nitrogens with zero attached hydrogens (tertiary/aromatic N) is 2. The van der Waals surface area contributed by atoms with E-state index in [1.165, 1.54) is 12.8 Å². The van der Waals surface area contributed by atoms with E-state index in [9.17, 15) is 0 Å². The summed E-state index contributed by atoms with van der Waals surface area (Å²) in [6.45, 7) is 4.90. The van der Waals surface area contributed by atoms with Crippen LogP contribution < -0.4 is 10.2 Å². The van der Waals surface area contributed by atoms with Crippen LogP contribution in [0.3, 0.4) is 0 Å². The summed E-state index contributed by atoms with van der Waals surface area (Å²) >= 11 is 1.54. The number of unbranched alkanes of at least 4 members (excludes halogenated alkanes) is 2. The number of nitrogens with one attached hydrogen (secondary N) is 1. The van der Waals surface area contributed by atoms with Crippen LogP contribution in [0.2, 0.25) is 0 Å². The lowest BCUT2D eigenvalue weighted by Crippen LogP contribution is -2.00. The monoisotopic (exact) mass is 303 g/mol. The predicted molar refractivity (Wildman–Crippen MR) is 89.5 cm³/mol. The minimum atomic E-state index is 0.748. The Hall–Kier alpha value is -1.88. The van der Waals surface area contributed by atoms with Crippen molar-refractivity contribution in [2.24, 2.45) is 5.10 Å². The molecule has 1 N–H and O–H groups in total. The molecule has 4 nitrogen and oxygen atoms in total. The molecule has 5 heteroatoms. The third kappa shape index (κ3) is 5.19. The van der Waals surface area contributed by atoms with Crippen LogP contribution in [0.25, 0.3) is 0 Å². The maximum absolute atomic E-state index is 5.81. The van der Waals surface area contributed by atoms with Crippen molar-refractivity contribution in [2.75, 3.05) is 12.0 Å². The summed E-state index contributed by atoms with van der Waals surface area (Å²) in [4.78, 5) is 4.30. The highest BCUT2D eigenvalue weighted by molar-refractivity contribution is 7.13. The molecule has 0 bridgehead atoms. The molecule has 1 aromatic heterocycles. The van der Waals surface area contributed by atoms with Gasteiger partial charge >= 0.3 is 0 Å². The molecule has 0 aliphatic rings. The molecule has 0 atom stereocenters. The number of ether oxygens (including phenoxy) is 1. The van der Waals surface area contributed by atoms with E-state index in [0.717, 1.165) is 35.2 Å². The molecule has 0 amide bonds. The van der Waals surface area contributed by atoms with Crippen molar-refractivity contribution in [1.29, 1.82) is 0 Å². The van der Waals surface area contributed by atoms with Crippen molar-refractivity contribution in [2.45, 2.75) is 33.1 Å². The first kappa shape index (κ1) is 15.5. The van der Waals surface area contributed by atoms with Crippen LogP contribution in [0.4, 0.5) is 5.13 Å². The highest BCUT2D eigenvalue weighted by Gasteiger charge is 2.00. The average molecular weight is 303 g/mol. The fourth-order valence-corrected chi connectivity index (χ4v) is 2.45. The van der Waals surface area contributed by atoms with Gasteiger partial charge in [0.2, 0.25) is 5.13 Å². The van der Waals surface area contributed by atoms with E-state index >= 15 is 0 Å². The van der Waals surface area contributed by atoms with Gasteiger partial charge in [-0.15, -0.1) is 11.3 Å². The summed E-state index contributed by atoms with van der Waals surface area (Å²) in [5.74, 6) is 0.870. The van der Waals surface area contributed by atoms with Gasteiger partial charge in [0, 0.05) is 10.9 Å². The average Bonchev–Trinajstić information content (AvgIpc) is 2.91. The van der Waals surface area contributed by atoms with Crippen molar-refractivity contribution in [3.05, 3.63) is 40.9 Å². The molecular formula is C16H21N3OS. The third-order valence-electron chi connectivity index (χ3n) is 2.91. The van der Waals surface area contributed by atoms with Crippen LogP contribution in [0.15, 0.2) is 34.7 Å². The second kappa shape index (κ2) is 8.42. The number of hydrogen-bond acceptors (Lipinski definition) is 5. The molecule has 0 saturated heterocycles. The topological polar surface area (TPSA) is 46.5 Å². The summed E-state index contributed by atoms with van der Waals surface area (Å²) in [7, 11) is 0. The fourth-order valence-electron chi connectivity index (χ4n) is 1.82. The lowest BCUT2D eigenvalue weighted by atomic mass is 10.2.